The van der Waals surface area contributed by atoms with Crippen LogP contribution in [0.3, 0.4) is 0 Å². The second-order valence-electron chi connectivity index (χ2n) is 4.20. The molecule has 2 N–H and O–H groups in total. The molecule has 0 aliphatic rings. The van der Waals surface area contributed by atoms with Crippen LogP contribution in [0.1, 0.15) is 11.3 Å². The first kappa shape index (κ1) is 15.1. The zero-order valence-electron chi connectivity index (χ0n) is 10.9. The molecule has 0 fully saturated rings. The molecule has 4 nitrogen and oxygen atoms in total. The molecule has 0 unspecified atom stereocenters. The monoisotopic (exact) mass is 400 g/mol. The summed E-state index contributed by atoms with van der Waals surface area (Å²) in [6.45, 7) is 0.551. The van der Waals surface area contributed by atoms with Crippen LogP contribution in [-0.2, 0) is 17.8 Å². The molecule has 20 heavy (non-hydrogen) atoms. The van der Waals surface area contributed by atoms with E-state index < -0.39 is 0 Å². The number of hydrogen-bond acceptors (Lipinski definition) is 3. The zero-order valence-corrected chi connectivity index (χ0v) is 14.0. The molecule has 0 spiro atoms. The molecule has 1 heterocycles. The second-order valence-corrected chi connectivity index (χ2v) is 5.77. The summed E-state index contributed by atoms with van der Waals surface area (Å²) in [6, 6.07) is 9.64. The minimum absolute atomic E-state index is 0.0114. The van der Waals surface area contributed by atoms with Crippen molar-refractivity contribution in [2.24, 2.45) is 0 Å². The first-order valence-corrected chi connectivity index (χ1v) is 7.65. The SMILES string of the molecule is CNC(=O)Cc1ccccc1NCc1cc(Br)c(Br)o1. The highest BCUT2D eigenvalue weighted by Gasteiger charge is 2.09. The summed E-state index contributed by atoms with van der Waals surface area (Å²) in [5.41, 5.74) is 1.89. The average molecular weight is 402 g/mol. The fourth-order valence-corrected chi connectivity index (χ4v) is 2.43. The number of carbonyl (C=O) groups excluding carboxylic acids is 1. The van der Waals surface area contributed by atoms with Crippen molar-refractivity contribution in [3.63, 3.8) is 0 Å². The fourth-order valence-electron chi connectivity index (χ4n) is 1.77. The number of para-hydroxylation sites is 1. The van der Waals surface area contributed by atoms with E-state index >= 15 is 0 Å². The van der Waals surface area contributed by atoms with Crippen LogP contribution in [0.2, 0.25) is 0 Å². The van der Waals surface area contributed by atoms with E-state index in [1.807, 2.05) is 30.3 Å². The van der Waals surface area contributed by atoms with E-state index in [2.05, 4.69) is 42.5 Å². The average Bonchev–Trinajstić information content (AvgIpc) is 2.76. The first-order chi connectivity index (χ1) is 9.60. The van der Waals surface area contributed by atoms with Crippen molar-refractivity contribution in [3.8, 4) is 0 Å². The van der Waals surface area contributed by atoms with E-state index in [4.69, 9.17) is 4.42 Å². The van der Waals surface area contributed by atoms with Gasteiger partial charge < -0.3 is 15.1 Å². The Balaban J connectivity index is 2.07. The number of amides is 1. The third-order valence-corrected chi connectivity index (χ3v) is 4.51. The number of hydrogen-bond donors (Lipinski definition) is 2. The van der Waals surface area contributed by atoms with E-state index in [0.29, 0.717) is 17.6 Å². The van der Waals surface area contributed by atoms with Gasteiger partial charge in [0.25, 0.3) is 0 Å². The molecule has 0 radical (unpaired) electrons. The van der Waals surface area contributed by atoms with Crippen molar-refractivity contribution in [2.45, 2.75) is 13.0 Å². The van der Waals surface area contributed by atoms with Gasteiger partial charge >= 0.3 is 0 Å². The molecule has 0 aliphatic heterocycles. The Bertz CT molecular complexity index is 591. The molecule has 106 valence electrons. The maximum Gasteiger partial charge on any atom is 0.224 e. The summed E-state index contributed by atoms with van der Waals surface area (Å²) in [5, 5.41) is 5.91. The largest absolute Gasteiger partial charge is 0.451 e. The van der Waals surface area contributed by atoms with E-state index in [0.717, 1.165) is 21.5 Å². The molecule has 0 saturated heterocycles. The predicted molar refractivity (Wildman–Crippen MR) is 85.6 cm³/mol. The van der Waals surface area contributed by atoms with Gasteiger partial charge in [0.1, 0.15) is 5.76 Å². The standard InChI is InChI=1S/C14H14Br2N2O2/c1-17-13(19)6-9-4-2-3-5-12(9)18-8-10-7-11(15)14(16)20-10/h2-5,7,18H,6,8H2,1H3,(H,17,19). The van der Waals surface area contributed by atoms with Crippen molar-refractivity contribution in [3.05, 3.63) is 50.8 Å². The number of anilines is 1. The molecule has 2 aromatic rings. The molecule has 1 amide bonds. The summed E-state index contributed by atoms with van der Waals surface area (Å²) >= 11 is 6.68. The van der Waals surface area contributed by atoms with Crippen molar-refractivity contribution in [1.82, 2.24) is 5.32 Å². The van der Waals surface area contributed by atoms with Gasteiger partial charge in [-0.25, -0.2) is 0 Å². The number of carbonyl (C=O) groups is 1. The molecule has 0 atom stereocenters. The molecule has 2 rings (SSSR count). The summed E-state index contributed by atoms with van der Waals surface area (Å²) in [7, 11) is 1.64. The Morgan fingerprint density at radius 2 is 2.05 bits per heavy atom. The van der Waals surface area contributed by atoms with Gasteiger partial charge in [-0.05, 0) is 49.6 Å². The van der Waals surface area contributed by atoms with E-state index in [-0.39, 0.29) is 5.91 Å². The van der Waals surface area contributed by atoms with Gasteiger partial charge in [0.2, 0.25) is 5.91 Å². The lowest BCUT2D eigenvalue weighted by Gasteiger charge is -2.10. The van der Waals surface area contributed by atoms with Crippen molar-refractivity contribution in [1.29, 1.82) is 0 Å². The highest BCUT2D eigenvalue weighted by atomic mass is 79.9. The second kappa shape index (κ2) is 6.95. The Morgan fingerprint density at radius 1 is 1.30 bits per heavy atom. The number of furan rings is 1. The number of benzene rings is 1. The number of nitrogens with one attached hydrogen (secondary N) is 2. The molecular formula is C14H14Br2N2O2. The molecule has 0 saturated carbocycles. The van der Waals surface area contributed by atoms with Gasteiger partial charge in [0, 0.05) is 12.7 Å². The summed E-state index contributed by atoms with van der Waals surface area (Å²) in [5.74, 6) is 0.793. The van der Waals surface area contributed by atoms with Crippen LogP contribution in [0.4, 0.5) is 5.69 Å². The topological polar surface area (TPSA) is 54.3 Å². The molecule has 0 aliphatic carbocycles. The van der Waals surface area contributed by atoms with Crippen LogP contribution in [0.15, 0.2) is 43.9 Å². The Labute approximate surface area is 134 Å². The van der Waals surface area contributed by atoms with Crippen LogP contribution < -0.4 is 10.6 Å². The van der Waals surface area contributed by atoms with Crippen molar-refractivity contribution >= 4 is 43.5 Å². The number of halogens is 2. The molecule has 1 aromatic heterocycles. The smallest absolute Gasteiger partial charge is 0.224 e. The molecule has 6 heteroatoms. The van der Waals surface area contributed by atoms with Gasteiger partial charge in [-0.1, -0.05) is 18.2 Å². The van der Waals surface area contributed by atoms with E-state index in [1.54, 1.807) is 7.05 Å². The number of rotatable bonds is 5. The maximum atomic E-state index is 11.5. The number of likely N-dealkylation sites (N-methyl/N-ethyl adjacent to an activating group) is 1. The Hall–Kier alpha value is -1.27. The molecule has 0 bridgehead atoms. The lowest BCUT2D eigenvalue weighted by molar-refractivity contribution is -0.119. The summed E-state index contributed by atoms with van der Waals surface area (Å²) in [4.78, 5) is 11.5. The van der Waals surface area contributed by atoms with E-state index in [9.17, 15) is 4.79 Å². The van der Waals surface area contributed by atoms with Gasteiger partial charge in [-0.3, -0.25) is 4.79 Å². The van der Waals surface area contributed by atoms with Gasteiger partial charge in [0.15, 0.2) is 4.67 Å². The third-order valence-electron chi connectivity index (χ3n) is 2.80. The quantitative estimate of drug-likeness (QED) is 0.802. The highest BCUT2D eigenvalue weighted by Crippen LogP contribution is 2.27. The van der Waals surface area contributed by atoms with Crippen LogP contribution in [-0.4, -0.2) is 13.0 Å². The van der Waals surface area contributed by atoms with Gasteiger partial charge in [0.05, 0.1) is 17.4 Å². The van der Waals surface area contributed by atoms with Gasteiger partial charge in [-0.2, -0.15) is 0 Å². The zero-order chi connectivity index (χ0) is 14.5. The highest BCUT2D eigenvalue weighted by molar-refractivity contribution is 9.13. The predicted octanol–water partition coefficient (Wildman–Crippen LogP) is 3.71. The Kier molecular flexibility index (Phi) is 5.25. The van der Waals surface area contributed by atoms with Crippen LogP contribution in [0.5, 0.6) is 0 Å². The lowest BCUT2D eigenvalue weighted by Crippen LogP contribution is -2.20. The van der Waals surface area contributed by atoms with Crippen LogP contribution in [0, 0.1) is 0 Å². The molecular weight excluding hydrogens is 388 g/mol. The normalized spacial score (nSPS) is 10.3. The first-order valence-electron chi connectivity index (χ1n) is 6.06. The van der Waals surface area contributed by atoms with Crippen LogP contribution >= 0.6 is 31.9 Å². The van der Waals surface area contributed by atoms with Crippen LogP contribution in [0.25, 0.3) is 0 Å². The Morgan fingerprint density at radius 3 is 2.70 bits per heavy atom. The summed E-state index contributed by atoms with van der Waals surface area (Å²) < 4.78 is 7.06. The lowest BCUT2D eigenvalue weighted by atomic mass is 10.1. The van der Waals surface area contributed by atoms with Crippen molar-refractivity contribution in [2.75, 3.05) is 12.4 Å². The summed E-state index contributed by atoms with van der Waals surface area (Å²) in [6.07, 6.45) is 0.352. The fraction of sp³-hybridized carbons (Fsp3) is 0.214. The van der Waals surface area contributed by atoms with E-state index in [1.165, 1.54) is 0 Å². The van der Waals surface area contributed by atoms with Gasteiger partial charge in [-0.15, -0.1) is 0 Å². The molecule has 1 aromatic carbocycles. The van der Waals surface area contributed by atoms with Crippen molar-refractivity contribution < 1.29 is 9.21 Å². The maximum absolute atomic E-state index is 11.5. The minimum Gasteiger partial charge on any atom is -0.451 e. The third kappa shape index (κ3) is 3.86. The minimum atomic E-state index is -0.0114.